The maximum atomic E-state index is 13.0. The van der Waals surface area contributed by atoms with Gasteiger partial charge in [0.15, 0.2) is 17.0 Å². The first kappa shape index (κ1) is 22.6. The van der Waals surface area contributed by atoms with Gasteiger partial charge >= 0.3 is 5.69 Å². The van der Waals surface area contributed by atoms with Crippen LogP contribution in [0.3, 0.4) is 0 Å². The fraction of sp³-hybridized carbons (Fsp3) is 0.476. The number of aromatic nitrogens is 6. The zero-order valence-electron chi connectivity index (χ0n) is 18.1. The monoisotopic (exact) mass is 476 g/mol. The topological polar surface area (TPSA) is 112 Å². The third-order valence-electron chi connectivity index (χ3n) is 5.25. The second-order valence-corrected chi connectivity index (χ2v) is 9.17. The molecule has 32 heavy (non-hydrogen) atoms. The van der Waals surface area contributed by atoms with Crippen molar-refractivity contribution in [3.05, 3.63) is 59.8 Å². The van der Waals surface area contributed by atoms with E-state index < -0.39 is 5.56 Å². The Labute approximate surface area is 193 Å². The number of nitrogens with zero attached hydrogens (tertiary/aromatic N) is 5. The molecule has 0 aromatic carbocycles. The maximum Gasteiger partial charge on any atom is 0.332 e. The van der Waals surface area contributed by atoms with Gasteiger partial charge in [-0.3, -0.25) is 13.9 Å². The molecule has 1 aliphatic heterocycles. The van der Waals surface area contributed by atoms with Gasteiger partial charge in [0, 0.05) is 25.9 Å². The zero-order valence-corrected chi connectivity index (χ0v) is 19.6. The molecule has 0 aliphatic carbocycles. The van der Waals surface area contributed by atoms with E-state index in [9.17, 15) is 9.59 Å². The summed E-state index contributed by atoms with van der Waals surface area (Å²) in [5.41, 5.74) is 1.08. The fourth-order valence-corrected chi connectivity index (χ4v) is 4.54. The number of fused-ring (bicyclic) bond motifs is 1. The average molecular weight is 477 g/mol. The lowest BCUT2D eigenvalue weighted by Gasteiger charge is -2.10. The van der Waals surface area contributed by atoms with Crippen molar-refractivity contribution < 1.29 is 4.52 Å². The highest BCUT2D eigenvalue weighted by atomic mass is 35.5. The smallest absolute Gasteiger partial charge is 0.332 e. The van der Waals surface area contributed by atoms with Crippen LogP contribution < -0.4 is 11.2 Å². The van der Waals surface area contributed by atoms with Gasteiger partial charge in [-0.2, -0.15) is 9.97 Å². The van der Waals surface area contributed by atoms with Crippen LogP contribution >= 0.6 is 23.4 Å². The highest BCUT2D eigenvalue weighted by Gasteiger charge is 2.17. The first-order chi connectivity index (χ1) is 15.5. The van der Waals surface area contributed by atoms with Crippen molar-refractivity contribution in [3.63, 3.8) is 0 Å². The third kappa shape index (κ3) is 4.91. The van der Waals surface area contributed by atoms with E-state index in [4.69, 9.17) is 16.1 Å². The molecule has 0 saturated carbocycles. The van der Waals surface area contributed by atoms with Gasteiger partial charge in [-0.25, -0.2) is 4.79 Å². The number of thioether (sulfide) groups is 1. The van der Waals surface area contributed by atoms with Gasteiger partial charge in [0.05, 0.1) is 0 Å². The van der Waals surface area contributed by atoms with Crippen LogP contribution in [0, 0.1) is 0 Å². The van der Waals surface area contributed by atoms with Crippen LogP contribution in [0.15, 0.2) is 36.1 Å². The first-order valence-electron chi connectivity index (χ1n) is 10.7. The summed E-state index contributed by atoms with van der Waals surface area (Å²) in [5, 5.41) is 6.29. The maximum absolute atomic E-state index is 13.0. The van der Waals surface area contributed by atoms with Gasteiger partial charge in [-0.15, -0.1) is 11.8 Å². The SMILES string of the molecule is CCCCn1c(=O)n(CCCc2nc(CC3=CCC(C)=CS3)no2)c(=O)c2[nH]c(Cl)nc21. The molecule has 0 bridgehead atoms. The summed E-state index contributed by atoms with van der Waals surface area (Å²) in [5.74, 6) is 1.14. The molecule has 0 unspecified atom stereocenters. The molecular weight excluding hydrogens is 452 g/mol. The van der Waals surface area contributed by atoms with Crippen LogP contribution in [0.25, 0.3) is 11.2 Å². The minimum atomic E-state index is -0.423. The van der Waals surface area contributed by atoms with Gasteiger partial charge in [-0.1, -0.05) is 30.2 Å². The van der Waals surface area contributed by atoms with Crippen molar-refractivity contribution in [2.24, 2.45) is 0 Å². The second-order valence-electron chi connectivity index (χ2n) is 7.81. The Bertz CT molecular complexity index is 1300. The first-order valence-corrected chi connectivity index (χ1v) is 11.9. The molecule has 3 aromatic heterocycles. The molecule has 3 aromatic rings. The number of nitrogens with one attached hydrogen (secondary N) is 1. The molecule has 0 radical (unpaired) electrons. The van der Waals surface area contributed by atoms with Gasteiger partial charge in [0.25, 0.3) is 5.56 Å². The van der Waals surface area contributed by atoms with Gasteiger partial charge in [0.2, 0.25) is 11.2 Å². The van der Waals surface area contributed by atoms with Crippen LogP contribution in [0.4, 0.5) is 0 Å². The number of halogens is 1. The number of hydrogen-bond acceptors (Lipinski definition) is 7. The molecule has 0 amide bonds. The minimum absolute atomic E-state index is 0.0924. The van der Waals surface area contributed by atoms with Crippen molar-refractivity contribution in [2.75, 3.05) is 0 Å². The van der Waals surface area contributed by atoms with Crippen molar-refractivity contribution in [1.29, 1.82) is 0 Å². The standard InChI is InChI=1S/C21H25ClN6O3S/c1-3-4-9-27-18-17(24-20(22)25-18)19(29)28(21(27)30)10-5-6-16-23-15(26-31-16)11-14-8-7-13(2)12-32-14/h8,12H,3-7,9-11H2,1-2H3,(H,24,25). The summed E-state index contributed by atoms with van der Waals surface area (Å²) < 4.78 is 8.10. The average Bonchev–Trinajstić information content (AvgIpc) is 3.38. The van der Waals surface area contributed by atoms with E-state index in [1.807, 2.05) is 6.92 Å². The number of hydrogen-bond donors (Lipinski definition) is 1. The molecule has 4 heterocycles. The second kappa shape index (κ2) is 9.91. The number of rotatable bonds is 9. The molecular formula is C21H25ClN6O3S. The van der Waals surface area contributed by atoms with E-state index >= 15 is 0 Å². The van der Waals surface area contributed by atoms with Crippen molar-refractivity contribution in [2.45, 2.75) is 65.5 Å². The molecule has 0 atom stereocenters. The summed E-state index contributed by atoms with van der Waals surface area (Å²) in [6.07, 6.45) is 6.46. The lowest BCUT2D eigenvalue weighted by Crippen LogP contribution is -2.40. The van der Waals surface area contributed by atoms with Gasteiger partial charge in [-0.05, 0) is 48.1 Å². The van der Waals surface area contributed by atoms with Crippen LogP contribution in [0.5, 0.6) is 0 Å². The highest BCUT2D eigenvalue weighted by Crippen LogP contribution is 2.28. The number of aryl methyl sites for hydroxylation is 2. The van der Waals surface area contributed by atoms with Gasteiger partial charge in [0.1, 0.15) is 0 Å². The molecule has 0 spiro atoms. The summed E-state index contributed by atoms with van der Waals surface area (Å²) >= 11 is 7.65. The summed E-state index contributed by atoms with van der Waals surface area (Å²) in [6, 6.07) is 0. The molecule has 11 heteroatoms. The molecule has 1 aliphatic rings. The summed E-state index contributed by atoms with van der Waals surface area (Å²) in [6.45, 7) is 4.85. The Kier molecular flexibility index (Phi) is 7.00. The van der Waals surface area contributed by atoms with Crippen LogP contribution in [0.2, 0.25) is 5.28 Å². The fourth-order valence-electron chi connectivity index (χ4n) is 3.52. The number of allylic oxidation sites excluding steroid dienone is 3. The van der Waals surface area contributed by atoms with Crippen LogP contribution in [-0.4, -0.2) is 29.2 Å². The largest absolute Gasteiger partial charge is 0.339 e. The molecule has 4 rings (SSSR count). The quantitative estimate of drug-likeness (QED) is 0.467. The Hall–Kier alpha value is -2.59. The van der Waals surface area contributed by atoms with E-state index in [1.54, 1.807) is 11.8 Å². The normalized spacial score (nSPS) is 14.1. The summed E-state index contributed by atoms with van der Waals surface area (Å²) in [4.78, 5) is 38.4. The lowest BCUT2D eigenvalue weighted by atomic mass is 10.2. The minimum Gasteiger partial charge on any atom is -0.339 e. The van der Waals surface area contributed by atoms with Crippen molar-refractivity contribution in [3.8, 4) is 0 Å². The lowest BCUT2D eigenvalue weighted by molar-refractivity contribution is 0.367. The van der Waals surface area contributed by atoms with Crippen molar-refractivity contribution >= 4 is 34.5 Å². The predicted molar refractivity (Wildman–Crippen MR) is 125 cm³/mol. The number of aromatic amines is 1. The molecule has 1 N–H and O–H groups in total. The number of H-pyrrole nitrogens is 1. The molecule has 0 saturated heterocycles. The number of imidazole rings is 1. The van der Waals surface area contributed by atoms with Crippen LogP contribution in [-0.2, 0) is 25.9 Å². The van der Waals surface area contributed by atoms with E-state index in [1.165, 1.54) is 19.6 Å². The predicted octanol–water partition coefficient (Wildman–Crippen LogP) is 3.82. The van der Waals surface area contributed by atoms with Crippen LogP contribution in [0.1, 0.15) is 51.2 Å². The number of unbranched alkanes of at least 4 members (excludes halogenated alkanes) is 1. The van der Waals surface area contributed by atoms with Gasteiger partial charge < -0.3 is 9.51 Å². The Morgan fingerprint density at radius 1 is 1.22 bits per heavy atom. The highest BCUT2D eigenvalue weighted by molar-refractivity contribution is 8.05. The van der Waals surface area contributed by atoms with E-state index in [0.29, 0.717) is 43.2 Å². The summed E-state index contributed by atoms with van der Waals surface area (Å²) in [7, 11) is 0. The van der Waals surface area contributed by atoms with E-state index in [0.717, 1.165) is 19.3 Å². The zero-order chi connectivity index (χ0) is 22.7. The molecule has 0 fully saturated rings. The third-order valence-corrected chi connectivity index (χ3v) is 6.56. The van der Waals surface area contributed by atoms with Crippen molar-refractivity contribution in [1.82, 2.24) is 29.2 Å². The molecule has 170 valence electrons. The Morgan fingerprint density at radius 2 is 2.03 bits per heavy atom. The Balaban J connectivity index is 1.45. The Morgan fingerprint density at radius 3 is 2.78 bits per heavy atom. The van der Waals surface area contributed by atoms with E-state index in [2.05, 4.69) is 38.5 Å². The van der Waals surface area contributed by atoms with E-state index in [-0.39, 0.29) is 23.0 Å². The molecule has 9 nitrogen and oxygen atoms in total.